The van der Waals surface area contributed by atoms with Gasteiger partial charge < -0.3 is 0 Å². The Balaban J connectivity index is 1.77. The fourth-order valence-corrected chi connectivity index (χ4v) is 30.4. The van der Waals surface area contributed by atoms with E-state index in [0.717, 1.165) is 0 Å². The summed E-state index contributed by atoms with van der Waals surface area (Å²) in [4.78, 5) is 0. The third kappa shape index (κ3) is 5.22. The molecular weight excluding hydrogens is 516 g/mol. The molecule has 0 aromatic heterocycles. The van der Waals surface area contributed by atoms with Gasteiger partial charge in [-0.1, -0.05) is 0 Å². The van der Waals surface area contributed by atoms with E-state index in [0.29, 0.717) is 3.63 Å². The van der Waals surface area contributed by atoms with Crippen LogP contribution in [0.4, 0.5) is 0 Å². The topological polar surface area (TPSA) is 0 Å². The number of fused-ring (bicyclic) bond motifs is 3. The van der Waals surface area contributed by atoms with Crippen LogP contribution in [-0.4, -0.2) is 5.43 Å². The Kier molecular flexibility index (Phi) is 7.37. The first-order valence-corrected chi connectivity index (χ1v) is 22.3. The molecule has 0 atom stereocenters. The van der Waals surface area contributed by atoms with Crippen LogP contribution >= 0.6 is 0 Å². The van der Waals surface area contributed by atoms with Crippen molar-refractivity contribution in [2.75, 3.05) is 0 Å². The molecule has 1 aliphatic heterocycles. The molecule has 3 aliphatic rings. The second kappa shape index (κ2) is 10.1. The summed E-state index contributed by atoms with van der Waals surface area (Å²) in [7, 11) is 0. The zero-order valence-electron chi connectivity index (χ0n) is 22.9. The Hall–Kier alpha value is -0.980. The van der Waals surface area contributed by atoms with Gasteiger partial charge in [-0.3, -0.25) is 0 Å². The molecule has 0 N–H and O–H groups in total. The van der Waals surface area contributed by atoms with Crippen LogP contribution in [0.1, 0.15) is 106 Å². The van der Waals surface area contributed by atoms with E-state index in [-0.39, 0.29) is 16.3 Å². The summed E-state index contributed by atoms with van der Waals surface area (Å²) in [6.45, 7) is 14.3. The average molecular weight is 560 g/mol. The fraction of sp³-hybridized carbons (Fsp3) is 0.515. The van der Waals surface area contributed by atoms with Crippen LogP contribution in [0.15, 0.2) is 57.9 Å². The van der Waals surface area contributed by atoms with E-state index < -0.39 is 20.4 Å². The van der Waals surface area contributed by atoms with Gasteiger partial charge in [0.15, 0.2) is 0 Å². The Bertz CT molecular complexity index is 1140. The van der Waals surface area contributed by atoms with E-state index in [9.17, 15) is 0 Å². The Morgan fingerprint density at radius 3 is 1.69 bits per heavy atom. The van der Waals surface area contributed by atoms with Gasteiger partial charge in [-0.25, -0.2) is 0 Å². The van der Waals surface area contributed by atoms with Crippen molar-refractivity contribution in [3.63, 3.8) is 0 Å². The van der Waals surface area contributed by atoms with Crippen molar-refractivity contribution in [2.45, 2.75) is 107 Å². The van der Waals surface area contributed by atoms with E-state index in [2.05, 4.69) is 96.2 Å². The van der Waals surface area contributed by atoms with Crippen molar-refractivity contribution in [3.05, 3.63) is 80.2 Å². The molecule has 35 heavy (non-hydrogen) atoms. The predicted octanol–water partition coefficient (Wildman–Crippen LogP) is 9.77. The van der Waals surface area contributed by atoms with E-state index in [1.165, 1.54) is 49.7 Å². The van der Waals surface area contributed by atoms with E-state index in [1.54, 1.807) is 34.3 Å². The molecule has 2 aliphatic carbocycles. The predicted molar refractivity (Wildman–Crippen MR) is 151 cm³/mol. The molecule has 0 saturated carbocycles. The Morgan fingerprint density at radius 2 is 1.23 bits per heavy atom. The van der Waals surface area contributed by atoms with Crippen LogP contribution in [0.25, 0.3) is 11.1 Å². The second-order valence-electron chi connectivity index (χ2n) is 13.1. The van der Waals surface area contributed by atoms with Gasteiger partial charge in [0.1, 0.15) is 0 Å². The number of hydrogen-bond donors (Lipinski definition) is 0. The third-order valence-corrected chi connectivity index (χ3v) is 29.6. The fourth-order valence-electron chi connectivity index (χ4n) is 6.37. The second-order valence-corrected chi connectivity index (χ2v) is 28.8. The molecule has 0 spiro atoms. The maximum atomic E-state index is 2.66. The van der Waals surface area contributed by atoms with Crippen LogP contribution in [0.5, 0.6) is 0 Å². The molecule has 0 nitrogen and oxygen atoms in total. The molecule has 2 heteroatoms. The SMILES string of the molecule is CC(C)(C)c1ccc2c(c1)[CH]([Zr]([C]1=CC=CC1)=[Si]1CCCCCCC1)c1cc(C(C)(C)C)ccc1-2. The number of benzene rings is 2. The molecule has 1 fully saturated rings. The molecular formula is C33H44SiZr. The van der Waals surface area contributed by atoms with E-state index in [1.807, 2.05) is 3.28 Å². The molecule has 0 amide bonds. The van der Waals surface area contributed by atoms with Crippen molar-refractivity contribution in [1.82, 2.24) is 0 Å². The molecule has 5 rings (SSSR count). The summed E-state index contributed by atoms with van der Waals surface area (Å²) in [6, 6.07) is 18.3. The van der Waals surface area contributed by atoms with Crippen molar-refractivity contribution in [1.29, 1.82) is 0 Å². The van der Waals surface area contributed by atoms with Crippen LogP contribution in [-0.2, 0) is 31.2 Å². The molecule has 1 heterocycles. The average Bonchev–Trinajstić information content (AvgIpc) is 3.40. The van der Waals surface area contributed by atoms with Gasteiger partial charge in [0.05, 0.1) is 0 Å². The molecule has 0 unspecified atom stereocenters. The zero-order valence-corrected chi connectivity index (χ0v) is 26.4. The van der Waals surface area contributed by atoms with Crippen LogP contribution < -0.4 is 0 Å². The summed E-state index contributed by atoms with van der Waals surface area (Å²) in [5, 5.41) is 0. The quantitative estimate of drug-likeness (QED) is 0.321. The Labute approximate surface area is 222 Å². The third-order valence-electron chi connectivity index (χ3n) is 8.49. The summed E-state index contributed by atoms with van der Waals surface area (Å²) in [6.07, 6.45) is 16.1. The van der Waals surface area contributed by atoms with Crippen LogP contribution in [0.2, 0.25) is 12.1 Å². The molecule has 2 aromatic rings. The molecule has 184 valence electrons. The van der Waals surface area contributed by atoms with Crippen molar-refractivity contribution < 1.29 is 20.4 Å². The standard InChI is InChI=1S/C21H25.C7H14Si.C5H5.Zr/c1-20(2,3)16-7-9-18-14(12-16)11-15-13-17(21(4,5)6)8-10-19(15)18;1-2-4-6-8-7-5-3-1;1-2-4-5-3-1;/h7-13H,1-6H3;1-7H2;1-3H,4H2;. The van der Waals surface area contributed by atoms with Gasteiger partial charge >= 0.3 is 224 Å². The summed E-state index contributed by atoms with van der Waals surface area (Å²) >= 11 is -1.98. The maximum absolute atomic E-state index is 2.66. The Morgan fingerprint density at radius 1 is 0.714 bits per heavy atom. The van der Waals surface area contributed by atoms with Crippen molar-refractivity contribution in [3.8, 4) is 11.1 Å². The summed E-state index contributed by atoms with van der Waals surface area (Å²) in [5.41, 5.74) is 9.63. The number of rotatable bonds is 2. The monoisotopic (exact) mass is 558 g/mol. The van der Waals surface area contributed by atoms with Gasteiger partial charge in [-0.2, -0.15) is 0 Å². The summed E-state index contributed by atoms with van der Waals surface area (Å²) in [5.74, 6) is 0. The number of hydrogen-bond acceptors (Lipinski definition) is 0. The molecule has 1 saturated heterocycles. The van der Waals surface area contributed by atoms with Crippen LogP contribution in [0.3, 0.4) is 0 Å². The zero-order chi connectivity index (χ0) is 24.8. The van der Waals surface area contributed by atoms with Crippen molar-refractivity contribution in [2.24, 2.45) is 0 Å². The van der Waals surface area contributed by atoms with Gasteiger partial charge in [-0.15, -0.1) is 0 Å². The molecule has 0 radical (unpaired) electrons. The minimum atomic E-state index is -1.98. The van der Waals surface area contributed by atoms with Gasteiger partial charge in [0.2, 0.25) is 0 Å². The van der Waals surface area contributed by atoms with Crippen LogP contribution in [0, 0.1) is 0 Å². The first-order valence-electron chi connectivity index (χ1n) is 14.0. The molecule has 0 bridgehead atoms. The van der Waals surface area contributed by atoms with Crippen molar-refractivity contribution >= 4 is 5.43 Å². The van der Waals surface area contributed by atoms with E-state index >= 15 is 0 Å². The first kappa shape index (κ1) is 25.7. The number of allylic oxidation sites excluding steroid dienone is 4. The molecule has 2 aromatic carbocycles. The van der Waals surface area contributed by atoms with Gasteiger partial charge in [0, 0.05) is 0 Å². The first-order chi connectivity index (χ1) is 16.6. The minimum absolute atomic E-state index is 0.192. The normalized spacial score (nSPS) is 18.7. The van der Waals surface area contributed by atoms with Gasteiger partial charge in [0.25, 0.3) is 0 Å². The van der Waals surface area contributed by atoms with Gasteiger partial charge in [-0.05, 0) is 0 Å². The summed E-state index contributed by atoms with van der Waals surface area (Å²) < 4.78 is 2.64. The van der Waals surface area contributed by atoms with E-state index in [4.69, 9.17) is 0 Å².